The molecule has 0 heterocycles. The van der Waals surface area contributed by atoms with E-state index < -0.39 is 12.0 Å². The molecule has 1 amide bonds. The highest BCUT2D eigenvalue weighted by Gasteiger charge is 2.33. The minimum Gasteiger partial charge on any atom is -0.467 e. The topological polar surface area (TPSA) is 55.4 Å². The predicted octanol–water partition coefficient (Wildman–Crippen LogP) is 1.35. The molecule has 1 N–H and O–H groups in total. The van der Waals surface area contributed by atoms with Crippen LogP contribution in [0.15, 0.2) is 0 Å². The largest absolute Gasteiger partial charge is 0.467 e. The van der Waals surface area contributed by atoms with Gasteiger partial charge in [-0.15, -0.1) is 0 Å². The second kappa shape index (κ2) is 5.14. The van der Waals surface area contributed by atoms with Gasteiger partial charge in [0.2, 0.25) is 5.91 Å². The lowest BCUT2D eigenvalue weighted by molar-refractivity contribution is -0.148. The molecule has 0 aromatic heterocycles. The number of amides is 1. The van der Waals surface area contributed by atoms with Crippen molar-refractivity contribution >= 4 is 11.9 Å². The summed E-state index contributed by atoms with van der Waals surface area (Å²) in [6.45, 7) is 9.22. The molecule has 0 bridgehead atoms. The van der Waals surface area contributed by atoms with Crippen LogP contribution < -0.4 is 5.32 Å². The molecule has 0 saturated heterocycles. The van der Waals surface area contributed by atoms with Gasteiger partial charge in [-0.05, 0) is 5.41 Å². The highest BCUT2D eigenvalue weighted by molar-refractivity contribution is 5.85. The van der Waals surface area contributed by atoms with Gasteiger partial charge in [0, 0.05) is 5.92 Å². The van der Waals surface area contributed by atoms with Crippen molar-refractivity contribution in [3.63, 3.8) is 0 Å². The molecule has 0 aliphatic carbocycles. The number of carbonyl (C=O) groups is 2. The molecule has 0 unspecified atom stereocenters. The zero-order valence-electron chi connectivity index (χ0n) is 10.4. The molecule has 4 nitrogen and oxygen atoms in total. The van der Waals surface area contributed by atoms with E-state index in [2.05, 4.69) is 10.1 Å². The van der Waals surface area contributed by atoms with E-state index >= 15 is 0 Å². The molecule has 0 fully saturated rings. The van der Waals surface area contributed by atoms with Crippen molar-refractivity contribution in [2.45, 2.75) is 40.7 Å². The van der Waals surface area contributed by atoms with Gasteiger partial charge in [-0.2, -0.15) is 0 Å². The smallest absolute Gasteiger partial charge is 0.328 e. The third-order valence-corrected chi connectivity index (χ3v) is 2.11. The molecule has 1 atom stereocenters. The average molecular weight is 215 g/mol. The Labute approximate surface area is 91.4 Å². The van der Waals surface area contributed by atoms with E-state index in [0.29, 0.717) is 0 Å². The maximum atomic E-state index is 11.5. The van der Waals surface area contributed by atoms with Crippen LogP contribution in [0.3, 0.4) is 0 Å². The van der Waals surface area contributed by atoms with E-state index in [-0.39, 0.29) is 17.2 Å². The standard InChI is InChI=1S/C11H21NO3/c1-7(2)9(13)12-8(10(14)15-6)11(3,4)5/h7-8H,1-6H3,(H,12,13)/t8-/m1/s1. The summed E-state index contributed by atoms with van der Waals surface area (Å²) in [6, 6.07) is -0.600. The van der Waals surface area contributed by atoms with Crippen molar-refractivity contribution in [2.24, 2.45) is 11.3 Å². The highest BCUT2D eigenvalue weighted by atomic mass is 16.5. The number of methoxy groups -OCH3 is 1. The van der Waals surface area contributed by atoms with Crippen LogP contribution in [0.5, 0.6) is 0 Å². The Morgan fingerprint density at radius 3 is 1.93 bits per heavy atom. The summed E-state index contributed by atoms with van der Waals surface area (Å²) in [6.07, 6.45) is 0. The van der Waals surface area contributed by atoms with Crippen LogP contribution in [0.25, 0.3) is 0 Å². The quantitative estimate of drug-likeness (QED) is 0.723. The molecule has 0 aliphatic rings. The van der Waals surface area contributed by atoms with Crippen molar-refractivity contribution in [1.82, 2.24) is 5.32 Å². The van der Waals surface area contributed by atoms with Crippen molar-refractivity contribution in [3.05, 3.63) is 0 Å². The Hall–Kier alpha value is -1.06. The van der Waals surface area contributed by atoms with Gasteiger partial charge in [0.1, 0.15) is 6.04 Å². The summed E-state index contributed by atoms with van der Waals surface area (Å²) in [5.41, 5.74) is -0.350. The lowest BCUT2D eigenvalue weighted by atomic mass is 9.86. The zero-order chi connectivity index (χ0) is 12.2. The minimum atomic E-state index is -0.600. The monoisotopic (exact) mass is 215 g/mol. The molecule has 0 radical (unpaired) electrons. The summed E-state index contributed by atoms with van der Waals surface area (Å²) >= 11 is 0. The van der Waals surface area contributed by atoms with Crippen molar-refractivity contribution in [1.29, 1.82) is 0 Å². The molecular formula is C11H21NO3. The van der Waals surface area contributed by atoms with Crippen LogP contribution in [0.1, 0.15) is 34.6 Å². The Kier molecular flexibility index (Phi) is 4.78. The van der Waals surface area contributed by atoms with Gasteiger partial charge in [0.15, 0.2) is 0 Å². The van der Waals surface area contributed by atoms with Crippen LogP contribution in [0.4, 0.5) is 0 Å². The van der Waals surface area contributed by atoms with E-state index in [0.717, 1.165) is 0 Å². The van der Waals surface area contributed by atoms with Gasteiger partial charge < -0.3 is 10.1 Å². The number of carbonyl (C=O) groups excluding carboxylic acids is 2. The fourth-order valence-electron chi connectivity index (χ4n) is 1.06. The Bertz CT molecular complexity index is 241. The van der Waals surface area contributed by atoms with E-state index in [1.807, 2.05) is 20.8 Å². The highest BCUT2D eigenvalue weighted by Crippen LogP contribution is 2.20. The molecule has 0 aromatic rings. The molecule has 0 saturated carbocycles. The molecule has 0 rings (SSSR count). The first-order chi connectivity index (χ1) is 6.70. The first-order valence-electron chi connectivity index (χ1n) is 5.08. The minimum absolute atomic E-state index is 0.139. The van der Waals surface area contributed by atoms with Crippen molar-refractivity contribution in [2.75, 3.05) is 7.11 Å². The lowest BCUT2D eigenvalue weighted by Crippen LogP contribution is -2.50. The summed E-state index contributed by atoms with van der Waals surface area (Å²) in [7, 11) is 1.32. The van der Waals surface area contributed by atoms with E-state index in [9.17, 15) is 9.59 Å². The first kappa shape index (κ1) is 13.9. The van der Waals surface area contributed by atoms with Gasteiger partial charge in [0.05, 0.1) is 7.11 Å². The number of esters is 1. The van der Waals surface area contributed by atoms with E-state index in [1.165, 1.54) is 7.11 Å². The molecule has 15 heavy (non-hydrogen) atoms. The molecular weight excluding hydrogens is 194 g/mol. The maximum absolute atomic E-state index is 11.5. The van der Waals surface area contributed by atoms with E-state index in [1.54, 1.807) is 13.8 Å². The maximum Gasteiger partial charge on any atom is 0.328 e. The third kappa shape index (κ3) is 4.32. The van der Waals surface area contributed by atoms with Crippen LogP contribution >= 0.6 is 0 Å². The first-order valence-corrected chi connectivity index (χ1v) is 5.08. The second-order valence-corrected chi connectivity index (χ2v) is 4.99. The fourth-order valence-corrected chi connectivity index (χ4v) is 1.06. The normalized spacial score (nSPS) is 13.5. The summed E-state index contributed by atoms with van der Waals surface area (Å²) in [4.78, 5) is 23.0. The van der Waals surface area contributed by atoms with Crippen LogP contribution in [0, 0.1) is 11.3 Å². The molecule has 0 aromatic carbocycles. The Balaban J connectivity index is 4.68. The number of hydrogen-bond acceptors (Lipinski definition) is 3. The van der Waals surface area contributed by atoms with Gasteiger partial charge in [-0.1, -0.05) is 34.6 Å². The zero-order valence-corrected chi connectivity index (χ0v) is 10.4. The number of rotatable bonds is 3. The van der Waals surface area contributed by atoms with Crippen LogP contribution in [-0.4, -0.2) is 25.0 Å². The summed E-state index contributed by atoms with van der Waals surface area (Å²) in [5, 5.41) is 2.69. The lowest BCUT2D eigenvalue weighted by Gasteiger charge is -2.29. The van der Waals surface area contributed by atoms with E-state index in [4.69, 9.17) is 0 Å². The van der Waals surface area contributed by atoms with Gasteiger partial charge in [-0.25, -0.2) is 4.79 Å². The average Bonchev–Trinajstić information content (AvgIpc) is 2.10. The Morgan fingerprint density at radius 2 is 1.67 bits per heavy atom. The molecule has 0 spiro atoms. The number of ether oxygens (including phenoxy) is 1. The van der Waals surface area contributed by atoms with Crippen molar-refractivity contribution in [3.8, 4) is 0 Å². The number of hydrogen-bond donors (Lipinski definition) is 1. The fraction of sp³-hybridized carbons (Fsp3) is 0.818. The van der Waals surface area contributed by atoms with Crippen LogP contribution in [-0.2, 0) is 14.3 Å². The van der Waals surface area contributed by atoms with Crippen molar-refractivity contribution < 1.29 is 14.3 Å². The SMILES string of the molecule is COC(=O)[C@@H](NC(=O)C(C)C)C(C)(C)C. The molecule has 4 heteroatoms. The third-order valence-electron chi connectivity index (χ3n) is 2.11. The predicted molar refractivity (Wildman–Crippen MR) is 58.2 cm³/mol. The van der Waals surface area contributed by atoms with Gasteiger partial charge in [-0.3, -0.25) is 4.79 Å². The summed E-state index contributed by atoms with van der Waals surface area (Å²) in [5.74, 6) is -0.684. The summed E-state index contributed by atoms with van der Waals surface area (Å²) < 4.78 is 4.67. The van der Waals surface area contributed by atoms with Gasteiger partial charge >= 0.3 is 5.97 Å². The molecule has 88 valence electrons. The van der Waals surface area contributed by atoms with Gasteiger partial charge in [0.25, 0.3) is 0 Å². The number of nitrogens with one attached hydrogen (secondary N) is 1. The van der Waals surface area contributed by atoms with Crippen LogP contribution in [0.2, 0.25) is 0 Å². The molecule has 0 aliphatic heterocycles. The Morgan fingerprint density at radius 1 is 1.20 bits per heavy atom. The second-order valence-electron chi connectivity index (χ2n) is 4.99.